The summed E-state index contributed by atoms with van der Waals surface area (Å²) in [6.45, 7) is 5.45. The minimum absolute atomic E-state index is 0.612. The summed E-state index contributed by atoms with van der Waals surface area (Å²) in [7, 11) is 0. The van der Waals surface area contributed by atoms with Gasteiger partial charge in [-0.25, -0.2) is 0 Å². The van der Waals surface area contributed by atoms with E-state index in [1.54, 1.807) is 6.26 Å². The van der Waals surface area contributed by atoms with Gasteiger partial charge in [-0.3, -0.25) is 0 Å². The van der Waals surface area contributed by atoms with Crippen molar-refractivity contribution in [1.29, 1.82) is 0 Å². The molecule has 1 aliphatic heterocycles. The zero-order chi connectivity index (χ0) is 9.80. The van der Waals surface area contributed by atoms with E-state index >= 15 is 0 Å². The van der Waals surface area contributed by atoms with Crippen molar-refractivity contribution in [3.63, 3.8) is 0 Å². The third kappa shape index (κ3) is 3.02. The Morgan fingerprint density at radius 1 is 1.21 bits per heavy atom. The summed E-state index contributed by atoms with van der Waals surface area (Å²) in [5.74, 6) is 1.69. The Labute approximate surface area is 86.3 Å². The van der Waals surface area contributed by atoms with E-state index in [1.807, 2.05) is 0 Å². The van der Waals surface area contributed by atoms with Gasteiger partial charge in [-0.05, 0) is 43.9 Å². The second kappa shape index (κ2) is 4.83. The molecule has 0 spiro atoms. The van der Waals surface area contributed by atoms with Crippen LogP contribution in [0.2, 0.25) is 0 Å². The smallest absolute Gasteiger partial charge is 0.0901 e. The van der Waals surface area contributed by atoms with Crippen molar-refractivity contribution < 1.29 is 9.47 Å². The van der Waals surface area contributed by atoms with Crippen LogP contribution in [-0.2, 0) is 9.47 Å². The Hall–Kier alpha value is -0.500. The predicted octanol–water partition coefficient (Wildman–Crippen LogP) is 2.74. The van der Waals surface area contributed by atoms with Crippen LogP contribution in [0.1, 0.15) is 32.1 Å². The van der Waals surface area contributed by atoms with E-state index in [0.717, 1.165) is 25.0 Å². The molecule has 0 radical (unpaired) electrons. The van der Waals surface area contributed by atoms with Crippen molar-refractivity contribution in [3.05, 3.63) is 12.8 Å². The van der Waals surface area contributed by atoms with Crippen molar-refractivity contribution in [3.8, 4) is 0 Å². The van der Waals surface area contributed by atoms with Crippen LogP contribution in [-0.4, -0.2) is 19.3 Å². The quantitative estimate of drug-likeness (QED) is 0.498. The Morgan fingerprint density at radius 3 is 2.43 bits per heavy atom. The minimum atomic E-state index is 0.612. The van der Waals surface area contributed by atoms with Crippen molar-refractivity contribution in [2.75, 3.05) is 13.2 Å². The molecule has 0 aromatic carbocycles. The van der Waals surface area contributed by atoms with Gasteiger partial charge < -0.3 is 9.47 Å². The van der Waals surface area contributed by atoms with Crippen LogP contribution in [0.5, 0.6) is 0 Å². The van der Waals surface area contributed by atoms with Gasteiger partial charge in [0.1, 0.15) is 0 Å². The summed E-state index contributed by atoms with van der Waals surface area (Å²) < 4.78 is 10.5. The molecule has 0 amide bonds. The lowest BCUT2D eigenvalue weighted by atomic mass is 9.80. The van der Waals surface area contributed by atoms with E-state index in [2.05, 4.69) is 6.58 Å². The van der Waals surface area contributed by atoms with Crippen LogP contribution in [0.25, 0.3) is 0 Å². The molecule has 2 aliphatic rings. The van der Waals surface area contributed by atoms with Crippen LogP contribution in [0, 0.1) is 11.8 Å². The highest BCUT2D eigenvalue weighted by Gasteiger charge is 2.29. The van der Waals surface area contributed by atoms with Crippen molar-refractivity contribution >= 4 is 0 Å². The topological polar surface area (TPSA) is 21.8 Å². The standard InChI is InChI=1S/C12H20O2/c1-2-13-8-11-5-3-10(4-6-11)7-12-9-14-12/h2,10-12H,1,3-9H2. The Bertz CT molecular complexity index is 179. The molecule has 2 fully saturated rings. The third-order valence-electron chi connectivity index (χ3n) is 3.41. The molecule has 1 unspecified atom stereocenters. The normalized spacial score (nSPS) is 36.4. The van der Waals surface area contributed by atoms with Gasteiger partial charge >= 0.3 is 0 Å². The third-order valence-corrected chi connectivity index (χ3v) is 3.41. The van der Waals surface area contributed by atoms with Gasteiger partial charge in [-0.1, -0.05) is 6.58 Å². The molecule has 1 saturated carbocycles. The van der Waals surface area contributed by atoms with Crippen LogP contribution >= 0.6 is 0 Å². The molecule has 1 saturated heterocycles. The van der Waals surface area contributed by atoms with Crippen LogP contribution in [0.15, 0.2) is 12.8 Å². The largest absolute Gasteiger partial charge is 0.502 e. The summed E-state index contributed by atoms with van der Waals surface area (Å²) in [4.78, 5) is 0. The SMILES string of the molecule is C=COCC1CCC(CC2CO2)CC1. The zero-order valence-corrected chi connectivity index (χ0v) is 8.78. The zero-order valence-electron chi connectivity index (χ0n) is 8.78. The molecule has 2 rings (SSSR count). The fraction of sp³-hybridized carbons (Fsp3) is 0.833. The molecule has 14 heavy (non-hydrogen) atoms. The van der Waals surface area contributed by atoms with Gasteiger partial charge in [0.25, 0.3) is 0 Å². The second-order valence-corrected chi connectivity index (χ2v) is 4.58. The molecule has 2 nitrogen and oxygen atoms in total. The first-order chi connectivity index (χ1) is 6.88. The van der Waals surface area contributed by atoms with E-state index in [-0.39, 0.29) is 0 Å². The molecule has 0 aromatic heterocycles. The van der Waals surface area contributed by atoms with Crippen molar-refractivity contribution in [1.82, 2.24) is 0 Å². The average Bonchev–Trinajstić information content (AvgIpc) is 3.01. The Morgan fingerprint density at radius 2 is 1.86 bits per heavy atom. The Balaban J connectivity index is 1.61. The molecule has 0 N–H and O–H groups in total. The van der Waals surface area contributed by atoms with Gasteiger partial charge in [-0.2, -0.15) is 0 Å². The maximum atomic E-state index is 5.27. The van der Waals surface area contributed by atoms with E-state index in [1.165, 1.54) is 32.1 Å². The summed E-state index contributed by atoms with van der Waals surface area (Å²) in [5.41, 5.74) is 0. The molecule has 80 valence electrons. The summed E-state index contributed by atoms with van der Waals surface area (Å²) in [6, 6.07) is 0. The Kier molecular flexibility index (Phi) is 3.46. The molecular weight excluding hydrogens is 176 g/mol. The summed E-state index contributed by atoms with van der Waals surface area (Å²) in [5, 5.41) is 0. The lowest BCUT2D eigenvalue weighted by Gasteiger charge is -2.27. The van der Waals surface area contributed by atoms with Crippen LogP contribution in [0.3, 0.4) is 0 Å². The van der Waals surface area contributed by atoms with Gasteiger partial charge in [0, 0.05) is 0 Å². The average molecular weight is 196 g/mol. The van der Waals surface area contributed by atoms with Crippen molar-refractivity contribution in [2.24, 2.45) is 11.8 Å². The molecule has 2 heteroatoms. The minimum Gasteiger partial charge on any atom is -0.502 e. The highest BCUT2D eigenvalue weighted by atomic mass is 16.6. The van der Waals surface area contributed by atoms with Crippen molar-refractivity contribution in [2.45, 2.75) is 38.2 Å². The fourth-order valence-corrected chi connectivity index (χ4v) is 2.41. The van der Waals surface area contributed by atoms with E-state index < -0.39 is 0 Å². The highest BCUT2D eigenvalue weighted by Crippen LogP contribution is 2.34. The number of ether oxygens (including phenoxy) is 2. The van der Waals surface area contributed by atoms with E-state index in [0.29, 0.717) is 6.10 Å². The fourth-order valence-electron chi connectivity index (χ4n) is 2.41. The van der Waals surface area contributed by atoms with E-state index in [9.17, 15) is 0 Å². The molecule has 0 aromatic rings. The monoisotopic (exact) mass is 196 g/mol. The van der Waals surface area contributed by atoms with Crippen LogP contribution < -0.4 is 0 Å². The first-order valence-electron chi connectivity index (χ1n) is 5.72. The highest BCUT2D eigenvalue weighted by molar-refractivity contribution is 4.79. The second-order valence-electron chi connectivity index (χ2n) is 4.58. The number of hydrogen-bond acceptors (Lipinski definition) is 2. The van der Waals surface area contributed by atoms with Gasteiger partial charge in [-0.15, -0.1) is 0 Å². The first-order valence-corrected chi connectivity index (χ1v) is 5.72. The number of hydrogen-bond donors (Lipinski definition) is 0. The maximum Gasteiger partial charge on any atom is 0.0901 e. The first kappa shape index (κ1) is 10.0. The molecule has 1 aliphatic carbocycles. The van der Waals surface area contributed by atoms with E-state index in [4.69, 9.17) is 9.47 Å². The molecule has 1 atom stereocenters. The summed E-state index contributed by atoms with van der Waals surface area (Å²) >= 11 is 0. The predicted molar refractivity (Wildman–Crippen MR) is 56.0 cm³/mol. The van der Waals surface area contributed by atoms with Gasteiger partial charge in [0.05, 0.1) is 25.6 Å². The molecular formula is C12H20O2. The van der Waals surface area contributed by atoms with Crippen LogP contribution in [0.4, 0.5) is 0 Å². The summed E-state index contributed by atoms with van der Waals surface area (Å²) in [6.07, 6.45) is 8.85. The lowest BCUT2D eigenvalue weighted by molar-refractivity contribution is 0.144. The maximum absolute atomic E-state index is 5.27. The number of rotatable bonds is 5. The number of epoxide rings is 1. The van der Waals surface area contributed by atoms with Gasteiger partial charge in [0.2, 0.25) is 0 Å². The van der Waals surface area contributed by atoms with Gasteiger partial charge in [0.15, 0.2) is 0 Å². The molecule has 1 heterocycles. The molecule has 0 bridgehead atoms. The lowest BCUT2D eigenvalue weighted by Crippen LogP contribution is -2.19.